The van der Waals surface area contributed by atoms with Crippen LogP contribution in [0.4, 0.5) is 18.9 Å². The number of primary amides is 1. The highest BCUT2D eigenvalue weighted by atomic mass is 19.4. The van der Waals surface area contributed by atoms with Crippen LogP contribution >= 0.6 is 0 Å². The number of para-hydroxylation sites is 2. The van der Waals surface area contributed by atoms with Gasteiger partial charge in [0.05, 0.1) is 5.69 Å². The van der Waals surface area contributed by atoms with E-state index in [0.717, 1.165) is 0 Å². The lowest BCUT2D eigenvalue weighted by atomic mass is 10.1. The van der Waals surface area contributed by atoms with Crippen LogP contribution in [0.1, 0.15) is 20.7 Å². The Balaban J connectivity index is 2.12. The summed E-state index contributed by atoms with van der Waals surface area (Å²) >= 11 is 0. The van der Waals surface area contributed by atoms with Gasteiger partial charge in [-0.05, 0) is 36.4 Å². The van der Waals surface area contributed by atoms with Gasteiger partial charge in [-0.3, -0.25) is 9.59 Å². The van der Waals surface area contributed by atoms with Crippen LogP contribution in [-0.4, -0.2) is 24.6 Å². The van der Waals surface area contributed by atoms with Gasteiger partial charge in [-0.1, -0.05) is 12.1 Å². The number of amides is 2. The second-order valence-electron chi connectivity index (χ2n) is 4.80. The van der Waals surface area contributed by atoms with Crippen molar-refractivity contribution in [2.24, 2.45) is 5.73 Å². The molecule has 0 aromatic heterocycles. The van der Waals surface area contributed by atoms with E-state index in [9.17, 15) is 22.8 Å². The summed E-state index contributed by atoms with van der Waals surface area (Å²) in [5, 5.41) is 2.46. The molecular weight excluding hydrogens is 325 g/mol. The Morgan fingerprint density at radius 2 is 1.58 bits per heavy atom. The lowest BCUT2D eigenvalue weighted by Crippen LogP contribution is -2.20. The monoisotopic (exact) mass is 338 g/mol. The molecule has 0 spiro atoms. The Bertz CT molecular complexity index is 743. The number of carbonyl (C=O) groups excluding carboxylic acids is 2. The molecule has 3 N–H and O–H groups in total. The van der Waals surface area contributed by atoms with Crippen molar-refractivity contribution in [2.75, 3.05) is 11.9 Å². The third-order valence-corrected chi connectivity index (χ3v) is 2.96. The van der Waals surface area contributed by atoms with Crippen molar-refractivity contribution in [3.63, 3.8) is 0 Å². The summed E-state index contributed by atoms with van der Waals surface area (Å²) in [4.78, 5) is 23.1. The second kappa shape index (κ2) is 7.03. The maximum absolute atomic E-state index is 12.3. The molecule has 2 rings (SSSR count). The van der Waals surface area contributed by atoms with Gasteiger partial charge in [0, 0.05) is 11.1 Å². The fourth-order valence-corrected chi connectivity index (χ4v) is 1.84. The van der Waals surface area contributed by atoms with Crippen LogP contribution in [0.15, 0.2) is 48.5 Å². The molecule has 126 valence electrons. The zero-order valence-corrected chi connectivity index (χ0v) is 12.3. The van der Waals surface area contributed by atoms with E-state index in [-0.39, 0.29) is 22.6 Å². The smallest absolute Gasteiger partial charge is 0.422 e. The maximum Gasteiger partial charge on any atom is 0.422 e. The van der Waals surface area contributed by atoms with E-state index in [1.54, 1.807) is 6.07 Å². The molecule has 0 saturated carbocycles. The number of nitrogens with two attached hydrogens (primary N) is 1. The highest BCUT2D eigenvalue weighted by Gasteiger charge is 2.28. The SMILES string of the molecule is NC(=O)c1ccc(C(=O)Nc2ccccc2OCC(F)(F)F)cc1. The van der Waals surface area contributed by atoms with Gasteiger partial charge in [-0.25, -0.2) is 0 Å². The maximum atomic E-state index is 12.3. The van der Waals surface area contributed by atoms with Crippen molar-refractivity contribution in [1.29, 1.82) is 0 Å². The van der Waals surface area contributed by atoms with Crippen LogP contribution in [0.5, 0.6) is 5.75 Å². The molecule has 0 bridgehead atoms. The van der Waals surface area contributed by atoms with Gasteiger partial charge in [-0.15, -0.1) is 0 Å². The van der Waals surface area contributed by atoms with Crippen LogP contribution in [0, 0.1) is 0 Å². The van der Waals surface area contributed by atoms with Gasteiger partial charge >= 0.3 is 6.18 Å². The van der Waals surface area contributed by atoms with Gasteiger partial charge in [0.25, 0.3) is 5.91 Å². The molecule has 0 aliphatic carbocycles. The van der Waals surface area contributed by atoms with E-state index in [1.165, 1.54) is 42.5 Å². The van der Waals surface area contributed by atoms with E-state index < -0.39 is 24.6 Å². The number of hydrogen-bond acceptors (Lipinski definition) is 3. The minimum Gasteiger partial charge on any atom is -0.482 e. The van der Waals surface area contributed by atoms with Crippen LogP contribution in [0.25, 0.3) is 0 Å². The summed E-state index contributed by atoms with van der Waals surface area (Å²) in [5.74, 6) is -1.29. The molecule has 5 nitrogen and oxygen atoms in total. The minimum atomic E-state index is -4.48. The number of halogens is 3. The Kier molecular flexibility index (Phi) is 5.08. The Hall–Kier alpha value is -3.03. The Morgan fingerprint density at radius 3 is 2.17 bits per heavy atom. The molecule has 2 aromatic rings. The first-order chi connectivity index (χ1) is 11.3. The van der Waals surface area contributed by atoms with Crippen molar-refractivity contribution < 1.29 is 27.5 Å². The van der Waals surface area contributed by atoms with E-state index in [1.807, 2.05) is 0 Å². The fraction of sp³-hybridized carbons (Fsp3) is 0.125. The first kappa shape index (κ1) is 17.3. The van der Waals surface area contributed by atoms with E-state index in [0.29, 0.717) is 0 Å². The highest BCUT2D eigenvalue weighted by molar-refractivity contribution is 6.05. The molecule has 0 aliphatic heterocycles. The third-order valence-electron chi connectivity index (χ3n) is 2.96. The number of alkyl halides is 3. The Morgan fingerprint density at radius 1 is 1.00 bits per heavy atom. The van der Waals surface area contributed by atoms with E-state index in [2.05, 4.69) is 10.1 Å². The van der Waals surface area contributed by atoms with Gasteiger partial charge < -0.3 is 15.8 Å². The third kappa shape index (κ3) is 4.73. The molecule has 24 heavy (non-hydrogen) atoms. The molecule has 8 heteroatoms. The number of nitrogens with one attached hydrogen (secondary N) is 1. The average Bonchev–Trinajstić information content (AvgIpc) is 2.53. The first-order valence-electron chi connectivity index (χ1n) is 6.76. The average molecular weight is 338 g/mol. The number of hydrogen-bond donors (Lipinski definition) is 2. The van der Waals surface area contributed by atoms with Gasteiger partial charge in [0.15, 0.2) is 6.61 Å². The zero-order chi connectivity index (χ0) is 17.7. The molecule has 2 amide bonds. The van der Waals surface area contributed by atoms with Crippen molar-refractivity contribution in [1.82, 2.24) is 0 Å². The highest BCUT2D eigenvalue weighted by Crippen LogP contribution is 2.26. The first-order valence-corrected chi connectivity index (χ1v) is 6.76. The lowest BCUT2D eigenvalue weighted by molar-refractivity contribution is -0.153. The molecule has 0 saturated heterocycles. The van der Waals surface area contributed by atoms with E-state index >= 15 is 0 Å². The zero-order valence-electron chi connectivity index (χ0n) is 12.3. The van der Waals surface area contributed by atoms with Crippen molar-refractivity contribution in [3.05, 3.63) is 59.7 Å². The van der Waals surface area contributed by atoms with Crippen molar-refractivity contribution in [3.8, 4) is 5.75 Å². The van der Waals surface area contributed by atoms with Crippen LogP contribution < -0.4 is 15.8 Å². The van der Waals surface area contributed by atoms with Crippen molar-refractivity contribution in [2.45, 2.75) is 6.18 Å². The number of anilines is 1. The lowest BCUT2D eigenvalue weighted by Gasteiger charge is -2.13. The Labute approximate surface area is 135 Å². The van der Waals surface area contributed by atoms with Gasteiger partial charge in [0.1, 0.15) is 5.75 Å². The summed E-state index contributed by atoms with van der Waals surface area (Å²) < 4.78 is 41.4. The number of carbonyl (C=O) groups is 2. The molecule has 0 aliphatic rings. The second-order valence-corrected chi connectivity index (χ2v) is 4.80. The predicted molar refractivity (Wildman–Crippen MR) is 80.9 cm³/mol. The predicted octanol–water partition coefficient (Wildman–Crippen LogP) is 2.98. The molecular formula is C16H13F3N2O3. The number of ether oxygens (including phenoxy) is 1. The standard InChI is InChI=1S/C16H13F3N2O3/c17-16(18,19)9-24-13-4-2-1-3-12(13)21-15(23)11-7-5-10(6-8-11)14(20)22/h1-8H,9H2,(H2,20,22)(H,21,23). The van der Waals surface area contributed by atoms with Crippen LogP contribution in [-0.2, 0) is 0 Å². The number of rotatable bonds is 5. The summed E-state index contributed by atoms with van der Waals surface area (Å²) in [7, 11) is 0. The molecule has 0 fully saturated rings. The summed E-state index contributed by atoms with van der Waals surface area (Å²) in [5.41, 5.74) is 5.66. The van der Waals surface area contributed by atoms with E-state index in [4.69, 9.17) is 5.73 Å². The minimum absolute atomic E-state index is 0.100. The largest absolute Gasteiger partial charge is 0.482 e. The molecule has 0 heterocycles. The van der Waals surface area contributed by atoms with Gasteiger partial charge in [-0.2, -0.15) is 13.2 Å². The quantitative estimate of drug-likeness (QED) is 0.879. The molecule has 0 radical (unpaired) electrons. The van der Waals surface area contributed by atoms with Crippen LogP contribution in [0.2, 0.25) is 0 Å². The van der Waals surface area contributed by atoms with Crippen molar-refractivity contribution >= 4 is 17.5 Å². The molecule has 0 atom stereocenters. The number of benzene rings is 2. The van der Waals surface area contributed by atoms with Crippen LogP contribution in [0.3, 0.4) is 0 Å². The van der Waals surface area contributed by atoms with Gasteiger partial charge in [0.2, 0.25) is 5.91 Å². The fourth-order valence-electron chi connectivity index (χ4n) is 1.84. The summed E-state index contributed by atoms with van der Waals surface area (Å²) in [6.45, 7) is -1.47. The molecule has 2 aromatic carbocycles. The summed E-state index contributed by atoms with van der Waals surface area (Å²) in [6.07, 6.45) is -4.48. The molecule has 0 unspecified atom stereocenters. The topological polar surface area (TPSA) is 81.4 Å². The normalized spacial score (nSPS) is 11.0. The summed E-state index contributed by atoms with van der Waals surface area (Å²) in [6, 6.07) is 11.3.